The maximum absolute atomic E-state index is 12.9. The summed E-state index contributed by atoms with van der Waals surface area (Å²) in [4.78, 5) is 28.7. The van der Waals surface area contributed by atoms with E-state index in [1.54, 1.807) is 9.80 Å². The quantitative estimate of drug-likeness (QED) is 0.837. The van der Waals surface area contributed by atoms with Crippen molar-refractivity contribution in [1.82, 2.24) is 4.90 Å². The van der Waals surface area contributed by atoms with E-state index in [-0.39, 0.29) is 18.4 Å². The molecule has 0 bridgehead atoms. The molecule has 3 rings (SSSR count). The summed E-state index contributed by atoms with van der Waals surface area (Å²) in [6.45, 7) is 5.28. The standard InChI is InChI=1S/C19H26N2O3/c1-19(2)14-21(15-9-6-7-10-16(15)24-19)18(23)13-20-12-8-4-3-5-11-17(20)22/h6-7,9-10H,3-5,8,11-14H2,1-2H3. The lowest BCUT2D eigenvalue weighted by Gasteiger charge is -2.40. The van der Waals surface area contributed by atoms with Crippen molar-refractivity contribution in [3.05, 3.63) is 24.3 Å². The van der Waals surface area contributed by atoms with Gasteiger partial charge in [0.2, 0.25) is 11.8 Å². The van der Waals surface area contributed by atoms with Crippen molar-refractivity contribution < 1.29 is 14.3 Å². The molecule has 0 aliphatic carbocycles. The van der Waals surface area contributed by atoms with E-state index >= 15 is 0 Å². The van der Waals surface area contributed by atoms with E-state index in [0.29, 0.717) is 19.5 Å². The zero-order chi connectivity index (χ0) is 17.2. The summed E-state index contributed by atoms with van der Waals surface area (Å²) >= 11 is 0. The first-order chi connectivity index (χ1) is 11.5. The van der Waals surface area contributed by atoms with E-state index in [1.165, 1.54) is 0 Å². The summed E-state index contributed by atoms with van der Waals surface area (Å²) in [6.07, 6.45) is 4.70. The number of carbonyl (C=O) groups excluding carboxylic acids is 2. The Morgan fingerprint density at radius 2 is 1.92 bits per heavy atom. The molecule has 2 amide bonds. The molecule has 0 N–H and O–H groups in total. The number of rotatable bonds is 2. The molecule has 1 aromatic rings. The fourth-order valence-electron chi connectivity index (χ4n) is 3.42. The van der Waals surface area contributed by atoms with E-state index < -0.39 is 5.60 Å². The molecule has 24 heavy (non-hydrogen) atoms. The Balaban J connectivity index is 1.77. The van der Waals surface area contributed by atoms with Crippen LogP contribution < -0.4 is 9.64 Å². The van der Waals surface area contributed by atoms with Gasteiger partial charge in [0, 0.05) is 13.0 Å². The highest BCUT2D eigenvalue weighted by Crippen LogP contribution is 2.36. The highest BCUT2D eigenvalue weighted by atomic mass is 16.5. The molecule has 0 radical (unpaired) electrons. The Hall–Kier alpha value is -2.04. The maximum Gasteiger partial charge on any atom is 0.246 e. The van der Waals surface area contributed by atoms with Crippen molar-refractivity contribution in [1.29, 1.82) is 0 Å². The van der Waals surface area contributed by atoms with Crippen LogP contribution in [0.4, 0.5) is 5.69 Å². The summed E-state index contributed by atoms with van der Waals surface area (Å²) in [7, 11) is 0. The minimum atomic E-state index is -0.440. The Morgan fingerprint density at radius 3 is 2.75 bits per heavy atom. The van der Waals surface area contributed by atoms with Crippen LogP contribution in [0.1, 0.15) is 46.0 Å². The van der Waals surface area contributed by atoms with Gasteiger partial charge in [0.25, 0.3) is 0 Å². The van der Waals surface area contributed by atoms with Gasteiger partial charge in [-0.25, -0.2) is 0 Å². The van der Waals surface area contributed by atoms with Crippen molar-refractivity contribution in [2.24, 2.45) is 0 Å². The van der Waals surface area contributed by atoms with Crippen LogP contribution in [0.15, 0.2) is 24.3 Å². The molecule has 2 heterocycles. The number of fused-ring (bicyclic) bond motifs is 1. The van der Waals surface area contributed by atoms with Gasteiger partial charge in [-0.05, 0) is 38.8 Å². The molecule has 2 aliphatic rings. The Bertz CT molecular complexity index is 627. The van der Waals surface area contributed by atoms with Crippen molar-refractivity contribution in [3.8, 4) is 5.75 Å². The third kappa shape index (κ3) is 3.71. The number of carbonyl (C=O) groups is 2. The average Bonchev–Trinajstić information content (AvgIpc) is 2.52. The maximum atomic E-state index is 12.9. The highest BCUT2D eigenvalue weighted by Gasteiger charge is 2.35. The zero-order valence-corrected chi connectivity index (χ0v) is 14.6. The minimum Gasteiger partial charge on any atom is -0.484 e. The summed E-state index contributed by atoms with van der Waals surface area (Å²) in [5.74, 6) is 0.790. The fraction of sp³-hybridized carbons (Fsp3) is 0.579. The molecule has 0 aromatic heterocycles. The van der Waals surface area contributed by atoms with Gasteiger partial charge < -0.3 is 14.5 Å². The number of benzene rings is 1. The smallest absolute Gasteiger partial charge is 0.246 e. The molecule has 0 atom stereocenters. The van der Waals surface area contributed by atoms with Crippen molar-refractivity contribution in [2.45, 2.75) is 51.6 Å². The number of para-hydroxylation sites is 2. The van der Waals surface area contributed by atoms with Crippen LogP contribution >= 0.6 is 0 Å². The zero-order valence-electron chi connectivity index (χ0n) is 14.6. The van der Waals surface area contributed by atoms with Crippen molar-refractivity contribution >= 4 is 17.5 Å². The van der Waals surface area contributed by atoms with Gasteiger partial charge in [-0.1, -0.05) is 25.0 Å². The van der Waals surface area contributed by atoms with Crippen molar-refractivity contribution in [3.63, 3.8) is 0 Å². The van der Waals surface area contributed by atoms with Gasteiger partial charge in [0.1, 0.15) is 17.9 Å². The van der Waals surface area contributed by atoms with Crippen LogP contribution in [-0.4, -0.2) is 41.9 Å². The third-order valence-electron chi connectivity index (χ3n) is 4.63. The van der Waals surface area contributed by atoms with Crippen LogP contribution in [0.25, 0.3) is 0 Å². The van der Waals surface area contributed by atoms with Crippen LogP contribution in [0.3, 0.4) is 0 Å². The number of hydrogen-bond donors (Lipinski definition) is 0. The number of amides is 2. The van der Waals surface area contributed by atoms with Gasteiger partial charge in [-0.2, -0.15) is 0 Å². The van der Waals surface area contributed by atoms with Gasteiger partial charge in [0.05, 0.1) is 12.2 Å². The summed E-state index contributed by atoms with van der Waals surface area (Å²) in [5, 5.41) is 0. The molecule has 1 fully saturated rings. The second kappa shape index (κ2) is 6.83. The Kier molecular flexibility index (Phi) is 4.78. The third-order valence-corrected chi connectivity index (χ3v) is 4.63. The van der Waals surface area contributed by atoms with Gasteiger partial charge in [-0.3, -0.25) is 9.59 Å². The van der Waals surface area contributed by atoms with Gasteiger partial charge in [-0.15, -0.1) is 0 Å². The largest absolute Gasteiger partial charge is 0.484 e. The van der Waals surface area contributed by atoms with E-state index in [2.05, 4.69) is 0 Å². The molecule has 5 nitrogen and oxygen atoms in total. The second-order valence-corrected chi connectivity index (χ2v) is 7.29. The lowest BCUT2D eigenvalue weighted by molar-refractivity contribution is -0.136. The predicted molar refractivity (Wildman–Crippen MR) is 93.2 cm³/mol. The lowest BCUT2D eigenvalue weighted by atomic mass is 10.0. The van der Waals surface area contributed by atoms with Gasteiger partial charge in [0.15, 0.2) is 0 Å². The van der Waals surface area contributed by atoms with Crippen LogP contribution in [0.5, 0.6) is 5.75 Å². The molecule has 0 unspecified atom stereocenters. The van der Waals surface area contributed by atoms with E-state index in [9.17, 15) is 9.59 Å². The van der Waals surface area contributed by atoms with Crippen LogP contribution in [0.2, 0.25) is 0 Å². The SMILES string of the molecule is CC1(C)CN(C(=O)CN2CCCCCCC2=O)c2ccccc2O1. The number of likely N-dealkylation sites (tertiary alicyclic amines) is 1. The van der Waals surface area contributed by atoms with Crippen molar-refractivity contribution in [2.75, 3.05) is 24.5 Å². The second-order valence-electron chi connectivity index (χ2n) is 7.29. The molecule has 2 aliphatic heterocycles. The molecule has 1 aromatic carbocycles. The summed E-state index contributed by atoms with van der Waals surface area (Å²) < 4.78 is 5.97. The molecule has 130 valence electrons. The van der Waals surface area contributed by atoms with Crippen LogP contribution in [0, 0.1) is 0 Å². The lowest BCUT2D eigenvalue weighted by Crippen LogP contribution is -2.52. The monoisotopic (exact) mass is 330 g/mol. The molecule has 0 saturated carbocycles. The summed E-state index contributed by atoms with van der Waals surface area (Å²) in [5.41, 5.74) is 0.353. The predicted octanol–water partition coefficient (Wildman–Crippen LogP) is 2.98. The molecule has 0 spiro atoms. The van der Waals surface area contributed by atoms with Crippen LogP contribution in [-0.2, 0) is 9.59 Å². The Labute approximate surface area is 143 Å². The van der Waals surface area contributed by atoms with E-state index in [1.807, 2.05) is 38.1 Å². The fourth-order valence-corrected chi connectivity index (χ4v) is 3.42. The highest BCUT2D eigenvalue weighted by molar-refractivity contribution is 5.98. The molecule has 5 heteroatoms. The molecular formula is C19H26N2O3. The topological polar surface area (TPSA) is 49.9 Å². The normalized spacial score (nSPS) is 20.7. The number of nitrogens with zero attached hydrogens (tertiary/aromatic N) is 2. The number of anilines is 1. The van der Waals surface area contributed by atoms with E-state index in [0.717, 1.165) is 37.1 Å². The Morgan fingerprint density at radius 1 is 1.17 bits per heavy atom. The first-order valence-corrected chi connectivity index (χ1v) is 8.82. The number of hydrogen-bond acceptors (Lipinski definition) is 3. The summed E-state index contributed by atoms with van der Waals surface area (Å²) in [6, 6.07) is 7.60. The average molecular weight is 330 g/mol. The minimum absolute atomic E-state index is 0.0345. The first kappa shape index (κ1) is 16.8. The molecular weight excluding hydrogens is 304 g/mol. The first-order valence-electron chi connectivity index (χ1n) is 8.82. The van der Waals surface area contributed by atoms with Gasteiger partial charge >= 0.3 is 0 Å². The molecule has 1 saturated heterocycles. The number of ether oxygens (including phenoxy) is 1. The van der Waals surface area contributed by atoms with E-state index in [4.69, 9.17) is 4.74 Å².